The fourth-order valence-electron chi connectivity index (χ4n) is 3.30. The highest BCUT2D eigenvalue weighted by atomic mass is 32.2. The molecule has 3 rings (SSSR count). The summed E-state index contributed by atoms with van der Waals surface area (Å²) in [6.45, 7) is 2.96. The molecule has 0 amide bonds. The molecule has 7 heteroatoms. The van der Waals surface area contributed by atoms with Crippen molar-refractivity contribution in [1.82, 2.24) is 14.5 Å². The molecule has 1 N–H and O–H groups in total. The standard InChI is InChI=1S/C17H23N3O3S/c1-17(9-5-7-14-6-3-4-8-16(14)17)19-24(21,22)15-12-18-20(13-15)10-11-23-2/h3-4,6,8,12-13,19H,5,7,9-11H2,1-2H3. The van der Waals surface area contributed by atoms with Gasteiger partial charge in [-0.2, -0.15) is 5.10 Å². The third-order valence-electron chi connectivity index (χ3n) is 4.54. The average Bonchev–Trinajstić information content (AvgIpc) is 3.03. The van der Waals surface area contributed by atoms with E-state index in [9.17, 15) is 8.42 Å². The zero-order chi connectivity index (χ0) is 17.2. The zero-order valence-electron chi connectivity index (χ0n) is 14.0. The molecule has 0 saturated heterocycles. The van der Waals surface area contributed by atoms with E-state index in [1.54, 1.807) is 18.0 Å². The maximum absolute atomic E-state index is 12.8. The number of nitrogens with zero attached hydrogens (tertiary/aromatic N) is 2. The van der Waals surface area contributed by atoms with Gasteiger partial charge in [0.2, 0.25) is 10.0 Å². The van der Waals surface area contributed by atoms with Gasteiger partial charge in [0.1, 0.15) is 4.90 Å². The first kappa shape index (κ1) is 17.1. The van der Waals surface area contributed by atoms with Crippen molar-refractivity contribution in [2.24, 2.45) is 0 Å². The molecule has 130 valence electrons. The predicted molar refractivity (Wildman–Crippen MR) is 91.2 cm³/mol. The van der Waals surface area contributed by atoms with E-state index in [4.69, 9.17) is 4.74 Å². The van der Waals surface area contributed by atoms with E-state index in [0.717, 1.165) is 24.8 Å². The van der Waals surface area contributed by atoms with Crippen LogP contribution in [0.1, 0.15) is 30.9 Å². The maximum Gasteiger partial charge on any atom is 0.244 e. The van der Waals surface area contributed by atoms with E-state index in [1.807, 2.05) is 25.1 Å². The Morgan fingerprint density at radius 3 is 2.96 bits per heavy atom. The monoisotopic (exact) mass is 349 g/mol. The lowest BCUT2D eigenvalue weighted by molar-refractivity contribution is 0.183. The van der Waals surface area contributed by atoms with Gasteiger partial charge in [0.15, 0.2) is 0 Å². The molecule has 1 aromatic heterocycles. The molecule has 1 atom stereocenters. The van der Waals surface area contributed by atoms with Crippen molar-refractivity contribution in [3.05, 3.63) is 47.8 Å². The largest absolute Gasteiger partial charge is 0.383 e. The summed E-state index contributed by atoms with van der Waals surface area (Å²) < 4.78 is 35.1. The van der Waals surface area contributed by atoms with Crippen LogP contribution in [0.15, 0.2) is 41.6 Å². The third kappa shape index (κ3) is 3.38. The van der Waals surface area contributed by atoms with Gasteiger partial charge in [-0.15, -0.1) is 0 Å². The Kier molecular flexibility index (Phi) is 4.76. The van der Waals surface area contributed by atoms with Crippen LogP contribution < -0.4 is 4.72 Å². The Labute approximate surface area is 142 Å². The topological polar surface area (TPSA) is 73.2 Å². The van der Waals surface area contributed by atoms with Crippen LogP contribution in [0.25, 0.3) is 0 Å². The highest BCUT2D eigenvalue weighted by molar-refractivity contribution is 7.89. The first-order valence-corrected chi connectivity index (χ1v) is 9.57. The quantitative estimate of drug-likeness (QED) is 0.866. The molecule has 0 bridgehead atoms. The molecule has 24 heavy (non-hydrogen) atoms. The van der Waals surface area contributed by atoms with Gasteiger partial charge in [0.05, 0.1) is 24.9 Å². The molecule has 0 aliphatic heterocycles. The number of ether oxygens (including phenoxy) is 1. The fourth-order valence-corrected chi connectivity index (χ4v) is 4.66. The molecule has 0 spiro atoms. The maximum atomic E-state index is 12.8. The Morgan fingerprint density at radius 2 is 2.17 bits per heavy atom. The smallest absolute Gasteiger partial charge is 0.244 e. The van der Waals surface area contributed by atoms with Crippen LogP contribution in [0.4, 0.5) is 0 Å². The van der Waals surface area contributed by atoms with Crippen LogP contribution >= 0.6 is 0 Å². The summed E-state index contributed by atoms with van der Waals surface area (Å²) in [6, 6.07) is 8.04. The Morgan fingerprint density at radius 1 is 1.38 bits per heavy atom. The van der Waals surface area contributed by atoms with Crippen LogP contribution in [0, 0.1) is 0 Å². The van der Waals surface area contributed by atoms with Crippen molar-refractivity contribution in [2.45, 2.75) is 43.2 Å². The number of nitrogens with one attached hydrogen (secondary N) is 1. The Hall–Kier alpha value is -1.70. The van der Waals surface area contributed by atoms with Gasteiger partial charge in [0, 0.05) is 13.3 Å². The van der Waals surface area contributed by atoms with E-state index >= 15 is 0 Å². The first-order valence-electron chi connectivity index (χ1n) is 8.08. The lowest BCUT2D eigenvalue weighted by Crippen LogP contribution is -2.45. The van der Waals surface area contributed by atoms with Gasteiger partial charge < -0.3 is 4.74 Å². The molecule has 0 radical (unpaired) electrons. The van der Waals surface area contributed by atoms with Gasteiger partial charge in [0.25, 0.3) is 0 Å². The Bertz CT molecular complexity index is 816. The number of rotatable bonds is 6. The number of benzene rings is 1. The van der Waals surface area contributed by atoms with Crippen LogP contribution in [0.3, 0.4) is 0 Å². The summed E-state index contributed by atoms with van der Waals surface area (Å²) >= 11 is 0. The highest BCUT2D eigenvalue weighted by Gasteiger charge is 2.36. The van der Waals surface area contributed by atoms with Crippen LogP contribution in [0.2, 0.25) is 0 Å². The molecule has 6 nitrogen and oxygen atoms in total. The predicted octanol–water partition coefficient (Wildman–Crippen LogP) is 2.06. The minimum atomic E-state index is -3.64. The summed E-state index contributed by atoms with van der Waals surface area (Å²) in [4.78, 5) is 0.183. The number of aromatic nitrogens is 2. The molecule has 0 fully saturated rings. The summed E-state index contributed by atoms with van der Waals surface area (Å²) in [6.07, 6.45) is 5.65. The lowest BCUT2D eigenvalue weighted by Gasteiger charge is -2.36. The number of hydrogen-bond donors (Lipinski definition) is 1. The second-order valence-electron chi connectivity index (χ2n) is 6.38. The fraction of sp³-hybridized carbons (Fsp3) is 0.471. The summed E-state index contributed by atoms with van der Waals surface area (Å²) in [5.41, 5.74) is 1.68. The van der Waals surface area contributed by atoms with E-state index in [2.05, 4.69) is 15.9 Å². The van der Waals surface area contributed by atoms with Crippen LogP contribution in [-0.4, -0.2) is 31.9 Å². The zero-order valence-corrected chi connectivity index (χ0v) is 14.8. The number of sulfonamides is 1. The molecule has 1 heterocycles. The molecule has 1 aliphatic carbocycles. The van der Waals surface area contributed by atoms with Crippen molar-refractivity contribution in [1.29, 1.82) is 0 Å². The number of hydrogen-bond acceptors (Lipinski definition) is 4. The summed E-state index contributed by atoms with van der Waals surface area (Å²) in [7, 11) is -2.04. The molecular formula is C17H23N3O3S. The second kappa shape index (κ2) is 6.66. The molecule has 0 saturated carbocycles. The normalized spacial score (nSPS) is 20.8. The van der Waals surface area contributed by atoms with Crippen molar-refractivity contribution >= 4 is 10.0 Å². The third-order valence-corrected chi connectivity index (χ3v) is 6.09. The van der Waals surface area contributed by atoms with Gasteiger partial charge >= 0.3 is 0 Å². The van der Waals surface area contributed by atoms with Crippen molar-refractivity contribution in [2.75, 3.05) is 13.7 Å². The average molecular weight is 349 g/mol. The van der Waals surface area contributed by atoms with Crippen LogP contribution in [0.5, 0.6) is 0 Å². The minimum Gasteiger partial charge on any atom is -0.383 e. The van der Waals surface area contributed by atoms with Gasteiger partial charge in [-0.05, 0) is 37.3 Å². The molecule has 2 aromatic rings. The number of fused-ring (bicyclic) bond motifs is 1. The molecular weight excluding hydrogens is 326 g/mol. The van der Waals surface area contributed by atoms with Crippen molar-refractivity contribution < 1.29 is 13.2 Å². The van der Waals surface area contributed by atoms with E-state index in [-0.39, 0.29) is 4.90 Å². The highest BCUT2D eigenvalue weighted by Crippen LogP contribution is 2.36. The number of aryl methyl sites for hydroxylation is 1. The van der Waals surface area contributed by atoms with E-state index in [1.165, 1.54) is 11.8 Å². The van der Waals surface area contributed by atoms with E-state index < -0.39 is 15.6 Å². The van der Waals surface area contributed by atoms with E-state index in [0.29, 0.717) is 13.2 Å². The minimum absolute atomic E-state index is 0.183. The van der Waals surface area contributed by atoms with Crippen molar-refractivity contribution in [3.63, 3.8) is 0 Å². The lowest BCUT2D eigenvalue weighted by atomic mass is 9.79. The molecule has 1 unspecified atom stereocenters. The first-order chi connectivity index (χ1) is 11.4. The Balaban J connectivity index is 1.86. The number of methoxy groups -OCH3 is 1. The second-order valence-corrected chi connectivity index (χ2v) is 8.06. The van der Waals surface area contributed by atoms with Gasteiger partial charge in [-0.25, -0.2) is 13.1 Å². The van der Waals surface area contributed by atoms with Crippen LogP contribution in [-0.2, 0) is 33.3 Å². The van der Waals surface area contributed by atoms with Crippen molar-refractivity contribution in [3.8, 4) is 0 Å². The SMILES string of the molecule is COCCn1cc(S(=O)(=O)NC2(C)CCCc3ccccc32)cn1. The summed E-state index contributed by atoms with van der Waals surface area (Å²) in [5, 5.41) is 4.10. The van der Waals surface area contributed by atoms with Gasteiger partial charge in [-0.1, -0.05) is 24.3 Å². The van der Waals surface area contributed by atoms with Gasteiger partial charge in [-0.3, -0.25) is 4.68 Å². The molecule has 1 aliphatic rings. The summed E-state index contributed by atoms with van der Waals surface area (Å²) in [5.74, 6) is 0. The molecule has 1 aromatic carbocycles.